The third kappa shape index (κ3) is 11.2. The number of likely N-dealkylation sites (tertiary alicyclic amines) is 1. The summed E-state index contributed by atoms with van der Waals surface area (Å²) in [4.78, 5) is 22.6. The summed E-state index contributed by atoms with van der Waals surface area (Å²) in [5, 5.41) is 0. The molecule has 0 unspecified atom stereocenters. The van der Waals surface area contributed by atoms with E-state index in [2.05, 4.69) is 67.0 Å². The van der Waals surface area contributed by atoms with Crippen LogP contribution in [0.3, 0.4) is 0 Å². The van der Waals surface area contributed by atoms with Crippen LogP contribution >= 0.6 is 24.8 Å². The maximum atomic E-state index is 12.6. The summed E-state index contributed by atoms with van der Waals surface area (Å²) >= 11 is 0. The average Bonchev–Trinajstić information content (AvgIpc) is 2.85. The van der Waals surface area contributed by atoms with Gasteiger partial charge in [-0.15, -0.1) is 24.8 Å². The fourth-order valence-electron chi connectivity index (χ4n) is 4.32. The first-order chi connectivity index (χ1) is 17.2. The van der Waals surface area contributed by atoms with Gasteiger partial charge < -0.3 is 14.6 Å². The lowest BCUT2D eigenvalue weighted by atomic mass is 9.86. The van der Waals surface area contributed by atoms with Gasteiger partial charge >= 0.3 is 0 Å². The normalized spacial score (nSPS) is 13.4. The second kappa shape index (κ2) is 16.6. The van der Waals surface area contributed by atoms with Crippen molar-refractivity contribution >= 4 is 24.8 Å². The molecule has 210 valence electrons. The molecule has 5 nitrogen and oxygen atoms in total. The van der Waals surface area contributed by atoms with Gasteiger partial charge in [0.05, 0.1) is 6.61 Å². The lowest BCUT2D eigenvalue weighted by Gasteiger charge is -2.20. The predicted molar refractivity (Wildman–Crippen MR) is 164 cm³/mol. The van der Waals surface area contributed by atoms with Crippen LogP contribution in [0.5, 0.6) is 5.75 Å². The van der Waals surface area contributed by atoms with E-state index in [0.717, 1.165) is 34.8 Å². The van der Waals surface area contributed by atoms with Crippen LogP contribution in [-0.4, -0.2) is 41.6 Å². The van der Waals surface area contributed by atoms with Crippen molar-refractivity contribution in [1.29, 1.82) is 0 Å². The Morgan fingerprint density at radius 3 is 2.11 bits per heavy atom. The van der Waals surface area contributed by atoms with Crippen molar-refractivity contribution in [1.82, 2.24) is 14.9 Å². The Balaban J connectivity index is 0.000000697. The summed E-state index contributed by atoms with van der Waals surface area (Å²) < 4.78 is 5.70. The van der Waals surface area contributed by atoms with Crippen molar-refractivity contribution in [3.05, 3.63) is 93.2 Å². The van der Waals surface area contributed by atoms with Crippen LogP contribution in [0.4, 0.5) is 0 Å². The van der Waals surface area contributed by atoms with Crippen LogP contribution in [0, 0.1) is 6.92 Å². The van der Waals surface area contributed by atoms with Gasteiger partial charge in [0.2, 0.25) is 0 Å². The molecule has 0 amide bonds. The highest BCUT2D eigenvalue weighted by atomic mass is 35.5. The number of benzene rings is 2. The summed E-state index contributed by atoms with van der Waals surface area (Å²) in [7, 11) is 2.19. The molecule has 7 heteroatoms. The number of rotatable bonds is 7. The molecule has 1 aromatic heterocycles. The predicted octanol–water partition coefficient (Wildman–Crippen LogP) is 6.92. The van der Waals surface area contributed by atoms with Gasteiger partial charge in [-0.2, -0.15) is 0 Å². The van der Waals surface area contributed by atoms with Gasteiger partial charge in [-0.1, -0.05) is 69.7 Å². The summed E-state index contributed by atoms with van der Waals surface area (Å²) in [6, 6.07) is 18.2. The maximum absolute atomic E-state index is 12.6. The fraction of sp³-hybridized carbons (Fsp3) is 0.484. The van der Waals surface area contributed by atoms with Crippen LogP contribution < -0.4 is 10.3 Å². The minimum atomic E-state index is -0.0450. The van der Waals surface area contributed by atoms with E-state index in [4.69, 9.17) is 4.74 Å². The number of halogens is 2. The molecular formula is C31H45Cl2N3O2. The van der Waals surface area contributed by atoms with E-state index >= 15 is 0 Å². The van der Waals surface area contributed by atoms with E-state index in [1.54, 1.807) is 0 Å². The molecule has 1 fully saturated rings. The van der Waals surface area contributed by atoms with Crippen LogP contribution in [0.25, 0.3) is 0 Å². The zero-order valence-electron chi connectivity index (χ0n) is 23.6. The second-order valence-electron chi connectivity index (χ2n) is 10.8. The molecule has 0 saturated carbocycles. The highest BCUT2D eigenvalue weighted by Gasteiger charge is 2.14. The van der Waals surface area contributed by atoms with Gasteiger partial charge in [0.1, 0.15) is 11.6 Å². The van der Waals surface area contributed by atoms with Gasteiger partial charge in [-0.25, -0.2) is 4.98 Å². The molecule has 2 heterocycles. The number of nitrogens with zero attached hydrogens (tertiary/aromatic N) is 2. The highest BCUT2D eigenvalue weighted by molar-refractivity contribution is 5.85. The number of aromatic amines is 1. The molecule has 1 aliphatic heterocycles. The fourth-order valence-corrected chi connectivity index (χ4v) is 4.32. The smallest absolute Gasteiger partial charge is 0.254 e. The third-order valence-corrected chi connectivity index (χ3v) is 6.62. The molecule has 0 bridgehead atoms. The first kappa shape index (κ1) is 33.7. The quantitative estimate of drug-likeness (QED) is 0.318. The van der Waals surface area contributed by atoms with Crippen molar-refractivity contribution in [2.75, 3.05) is 26.7 Å². The summed E-state index contributed by atoms with van der Waals surface area (Å²) in [5.41, 5.74) is 4.02. The van der Waals surface area contributed by atoms with E-state index in [0.29, 0.717) is 19.4 Å². The highest BCUT2D eigenvalue weighted by Crippen LogP contribution is 2.23. The van der Waals surface area contributed by atoms with E-state index in [1.165, 1.54) is 37.9 Å². The van der Waals surface area contributed by atoms with Gasteiger partial charge in [0, 0.05) is 24.1 Å². The molecule has 3 aromatic rings. The molecule has 0 radical (unpaired) electrons. The molecule has 1 saturated heterocycles. The lowest BCUT2D eigenvalue weighted by Crippen LogP contribution is -2.24. The maximum Gasteiger partial charge on any atom is 0.254 e. The van der Waals surface area contributed by atoms with E-state index < -0.39 is 0 Å². The number of aromatic nitrogens is 2. The monoisotopic (exact) mass is 561 g/mol. The summed E-state index contributed by atoms with van der Waals surface area (Å²) in [6.07, 6.45) is 6.35. The Hall–Kier alpha value is -2.34. The van der Waals surface area contributed by atoms with Crippen LogP contribution in [-0.2, 0) is 18.3 Å². The van der Waals surface area contributed by atoms with Crippen molar-refractivity contribution in [2.45, 2.75) is 71.6 Å². The van der Waals surface area contributed by atoms with E-state index in [9.17, 15) is 4.79 Å². The molecule has 1 aliphatic rings. The van der Waals surface area contributed by atoms with E-state index in [-0.39, 0.29) is 35.8 Å². The Bertz CT molecular complexity index is 1120. The SMILES string of the molecule is CN1CCCCC1.Cc1nc(CCCOc2ccccc2)[nH]c(=O)c1Cc1ccc(C(C)(C)C)cc1.Cl.Cl. The number of para-hydroxylation sites is 1. The first-order valence-corrected chi connectivity index (χ1v) is 13.3. The third-order valence-electron chi connectivity index (χ3n) is 6.62. The number of ether oxygens (including phenoxy) is 1. The molecule has 1 N–H and O–H groups in total. The minimum absolute atomic E-state index is 0. The zero-order valence-corrected chi connectivity index (χ0v) is 25.2. The topological polar surface area (TPSA) is 58.2 Å². The van der Waals surface area contributed by atoms with Gasteiger partial charge in [0.25, 0.3) is 5.56 Å². The Kier molecular flexibility index (Phi) is 14.7. The number of H-pyrrole nitrogens is 1. The molecule has 0 spiro atoms. The van der Waals surface area contributed by atoms with Crippen LogP contribution in [0.1, 0.15) is 74.7 Å². The van der Waals surface area contributed by atoms with E-state index in [1.807, 2.05) is 37.3 Å². The lowest BCUT2D eigenvalue weighted by molar-refractivity contribution is 0.277. The molecule has 0 atom stereocenters. The molecule has 38 heavy (non-hydrogen) atoms. The molecule has 0 aliphatic carbocycles. The second-order valence-corrected chi connectivity index (χ2v) is 10.8. The molecular weight excluding hydrogens is 517 g/mol. The van der Waals surface area contributed by atoms with Crippen molar-refractivity contribution in [3.63, 3.8) is 0 Å². The van der Waals surface area contributed by atoms with Crippen molar-refractivity contribution in [2.24, 2.45) is 0 Å². The molecule has 4 rings (SSSR count). The van der Waals surface area contributed by atoms with Crippen LogP contribution in [0.15, 0.2) is 59.4 Å². The van der Waals surface area contributed by atoms with Gasteiger partial charge in [-0.3, -0.25) is 4.79 Å². The largest absolute Gasteiger partial charge is 0.494 e. The Labute approximate surface area is 241 Å². The summed E-state index contributed by atoms with van der Waals surface area (Å²) in [5.74, 6) is 1.58. The Morgan fingerprint density at radius 1 is 0.947 bits per heavy atom. The van der Waals surface area contributed by atoms with Gasteiger partial charge in [-0.05, 0) is 75.0 Å². The van der Waals surface area contributed by atoms with Gasteiger partial charge in [0.15, 0.2) is 0 Å². The number of hydrogen-bond acceptors (Lipinski definition) is 4. The standard InChI is InChI=1S/C25H30N2O2.C6H13N.2ClH/c1-18-22(17-19-12-14-20(15-13-19)25(2,3)4)24(28)27-23(26-18)11-8-16-29-21-9-6-5-7-10-21;1-7-5-3-2-4-6-7;;/h5-7,9-10,12-15H,8,11,16-17H2,1-4H3,(H,26,27,28);2-6H2,1H3;2*1H. The van der Waals surface area contributed by atoms with Crippen molar-refractivity contribution < 1.29 is 4.74 Å². The first-order valence-electron chi connectivity index (χ1n) is 13.3. The zero-order chi connectivity index (χ0) is 26.0. The molecule has 2 aromatic carbocycles. The number of nitrogens with one attached hydrogen (secondary N) is 1. The number of hydrogen-bond donors (Lipinski definition) is 1. The summed E-state index contributed by atoms with van der Waals surface area (Å²) in [6.45, 7) is 11.7. The van der Waals surface area contributed by atoms with Crippen LogP contribution in [0.2, 0.25) is 0 Å². The van der Waals surface area contributed by atoms with Crippen molar-refractivity contribution in [3.8, 4) is 5.75 Å². The Morgan fingerprint density at radius 2 is 1.58 bits per heavy atom. The number of piperidine rings is 1. The minimum Gasteiger partial charge on any atom is -0.494 e. The number of aryl methyl sites for hydroxylation is 2. The average molecular weight is 563 g/mol.